The fraction of sp³-hybridized carbons (Fsp3) is 0.286. The Morgan fingerprint density at radius 3 is 2.65 bits per heavy atom. The van der Waals surface area contributed by atoms with Gasteiger partial charge in [-0.15, -0.1) is 0 Å². The van der Waals surface area contributed by atoms with Gasteiger partial charge in [0.25, 0.3) is 0 Å². The van der Waals surface area contributed by atoms with Crippen LogP contribution in [0.5, 0.6) is 0 Å². The van der Waals surface area contributed by atoms with Crippen LogP contribution in [0.15, 0.2) is 33.2 Å². The number of furan rings is 1. The minimum absolute atomic E-state index is 0.0588. The van der Waals surface area contributed by atoms with Crippen LogP contribution in [-0.4, -0.2) is 6.54 Å². The van der Waals surface area contributed by atoms with Gasteiger partial charge in [-0.3, -0.25) is 0 Å². The van der Waals surface area contributed by atoms with Crippen LogP contribution < -0.4 is 5.32 Å². The summed E-state index contributed by atoms with van der Waals surface area (Å²) in [5.74, 6) is 0.0860. The average molecular weight is 381 g/mol. The zero-order chi connectivity index (χ0) is 14.7. The molecule has 0 bridgehead atoms. The zero-order valence-electron chi connectivity index (χ0n) is 10.7. The first-order chi connectivity index (χ1) is 9.54. The third-order valence-electron chi connectivity index (χ3n) is 2.85. The summed E-state index contributed by atoms with van der Waals surface area (Å²) in [6, 6.07) is 6.33. The van der Waals surface area contributed by atoms with E-state index in [9.17, 15) is 4.39 Å². The molecule has 0 aliphatic rings. The second kappa shape index (κ2) is 6.94. The maximum atomic E-state index is 14.4. The highest BCUT2D eigenvalue weighted by Gasteiger charge is 2.23. The molecule has 1 unspecified atom stereocenters. The smallest absolute Gasteiger partial charge is 0.193 e. The van der Waals surface area contributed by atoms with Gasteiger partial charge in [0, 0.05) is 10.0 Å². The predicted molar refractivity (Wildman–Crippen MR) is 83.0 cm³/mol. The first-order valence-electron chi connectivity index (χ1n) is 6.16. The van der Waals surface area contributed by atoms with E-state index >= 15 is 0 Å². The Morgan fingerprint density at radius 2 is 2.05 bits per heavy atom. The van der Waals surface area contributed by atoms with Crippen molar-refractivity contribution < 1.29 is 8.81 Å². The largest absolute Gasteiger partial charge is 0.448 e. The van der Waals surface area contributed by atoms with Crippen molar-refractivity contribution in [3.8, 4) is 0 Å². The van der Waals surface area contributed by atoms with Crippen molar-refractivity contribution in [1.82, 2.24) is 5.32 Å². The molecule has 2 nitrogen and oxygen atoms in total. The lowest BCUT2D eigenvalue weighted by Crippen LogP contribution is -2.23. The Hall–Kier alpha value is -0.550. The van der Waals surface area contributed by atoms with E-state index in [4.69, 9.17) is 27.6 Å². The lowest BCUT2D eigenvalue weighted by Gasteiger charge is -2.18. The molecule has 1 aromatic carbocycles. The third-order valence-corrected chi connectivity index (χ3v) is 4.31. The van der Waals surface area contributed by atoms with Gasteiger partial charge in [0.15, 0.2) is 5.22 Å². The molecule has 20 heavy (non-hydrogen) atoms. The highest BCUT2D eigenvalue weighted by Crippen LogP contribution is 2.34. The maximum Gasteiger partial charge on any atom is 0.193 e. The molecule has 2 rings (SSSR count). The van der Waals surface area contributed by atoms with Gasteiger partial charge in [0.05, 0.1) is 11.1 Å². The number of rotatable bonds is 5. The molecular formula is C14H13BrCl2FNO. The van der Waals surface area contributed by atoms with Crippen LogP contribution in [0.3, 0.4) is 0 Å². The van der Waals surface area contributed by atoms with Crippen molar-refractivity contribution >= 4 is 39.1 Å². The second-order valence-electron chi connectivity index (χ2n) is 4.29. The monoisotopic (exact) mass is 379 g/mol. The molecule has 0 radical (unpaired) electrons. The first-order valence-corrected chi connectivity index (χ1v) is 7.71. The van der Waals surface area contributed by atoms with Crippen molar-refractivity contribution in [2.24, 2.45) is 0 Å². The fourth-order valence-corrected chi connectivity index (χ4v) is 2.53. The van der Waals surface area contributed by atoms with E-state index in [-0.39, 0.29) is 10.2 Å². The van der Waals surface area contributed by atoms with E-state index in [2.05, 4.69) is 21.2 Å². The highest BCUT2D eigenvalue weighted by atomic mass is 79.9. The number of hydrogen-bond acceptors (Lipinski definition) is 2. The lowest BCUT2D eigenvalue weighted by molar-refractivity contribution is 0.437. The SMILES string of the molecule is CCCNC(c1ccc(Cl)o1)c1ccc(Br)c(Cl)c1F. The number of benzene rings is 1. The molecule has 1 heterocycles. The van der Waals surface area contributed by atoms with Crippen molar-refractivity contribution in [3.63, 3.8) is 0 Å². The predicted octanol–water partition coefficient (Wildman–Crippen LogP) is 5.58. The number of halogens is 4. The van der Waals surface area contributed by atoms with Gasteiger partial charge in [0.1, 0.15) is 11.6 Å². The van der Waals surface area contributed by atoms with Gasteiger partial charge in [-0.2, -0.15) is 0 Å². The standard InChI is InChI=1S/C14H13BrCl2FNO/c1-2-7-19-14(10-5-6-11(16)20-10)8-3-4-9(15)12(17)13(8)18/h3-6,14,19H,2,7H2,1H3. The Labute approximate surface area is 135 Å². The lowest BCUT2D eigenvalue weighted by atomic mass is 10.0. The number of nitrogens with one attached hydrogen (secondary N) is 1. The zero-order valence-corrected chi connectivity index (χ0v) is 13.8. The van der Waals surface area contributed by atoms with E-state index < -0.39 is 11.9 Å². The Morgan fingerprint density at radius 1 is 1.30 bits per heavy atom. The molecule has 0 saturated heterocycles. The van der Waals surface area contributed by atoms with Crippen LogP contribution in [0.1, 0.15) is 30.7 Å². The van der Waals surface area contributed by atoms with Gasteiger partial charge in [0.2, 0.25) is 0 Å². The summed E-state index contributed by atoms with van der Waals surface area (Å²) in [6.45, 7) is 2.75. The summed E-state index contributed by atoms with van der Waals surface area (Å²) in [7, 11) is 0. The molecule has 108 valence electrons. The van der Waals surface area contributed by atoms with Crippen LogP contribution in [0.4, 0.5) is 4.39 Å². The summed E-state index contributed by atoms with van der Waals surface area (Å²) in [5, 5.41) is 3.57. The van der Waals surface area contributed by atoms with Gasteiger partial charge < -0.3 is 9.73 Å². The highest BCUT2D eigenvalue weighted by molar-refractivity contribution is 9.10. The van der Waals surface area contributed by atoms with Crippen LogP contribution >= 0.6 is 39.1 Å². The molecule has 6 heteroatoms. The molecule has 1 N–H and O–H groups in total. The molecule has 0 spiro atoms. The van der Waals surface area contributed by atoms with E-state index in [1.807, 2.05) is 6.92 Å². The first kappa shape index (κ1) is 15.8. The van der Waals surface area contributed by atoms with E-state index in [0.717, 1.165) is 13.0 Å². The van der Waals surface area contributed by atoms with Crippen molar-refractivity contribution in [1.29, 1.82) is 0 Å². The fourth-order valence-electron chi connectivity index (χ4n) is 1.90. The molecule has 0 amide bonds. The average Bonchev–Trinajstić information content (AvgIpc) is 2.85. The van der Waals surface area contributed by atoms with Gasteiger partial charge >= 0.3 is 0 Å². The van der Waals surface area contributed by atoms with E-state index in [0.29, 0.717) is 15.8 Å². The van der Waals surface area contributed by atoms with E-state index in [1.54, 1.807) is 24.3 Å². The van der Waals surface area contributed by atoms with Crippen molar-refractivity contribution in [2.45, 2.75) is 19.4 Å². The summed E-state index contributed by atoms with van der Waals surface area (Å²) in [4.78, 5) is 0. The molecule has 0 aliphatic heterocycles. The van der Waals surface area contributed by atoms with Crippen LogP contribution in [-0.2, 0) is 0 Å². The molecule has 2 aromatic rings. The van der Waals surface area contributed by atoms with Crippen LogP contribution in [0.2, 0.25) is 10.2 Å². The molecule has 1 aromatic heterocycles. The van der Waals surface area contributed by atoms with Gasteiger partial charge in [-0.05, 0) is 58.7 Å². The Bertz CT molecular complexity index is 603. The molecule has 0 fully saturated rings. The minimum Gasteiger partial charge on any atom is -0.448 e. The Kier molecular flexibility index (Phi) is 5.49. The summed E-state index contributed by atoms with van der Waals surface area (Å²) >= 11 is 15.0. The molecule has 1 atom stereocenters. The van der Waals surface area contributed by atoms with Crippen LogP contribution in [0, 0.1) is 5.82 Å². The van der Waals surface area contributed by atoms with Gasteiger partial charge in [-0.1, -0.05) is 24.6 Å². The Balaban J connectivity index is 2.43. The number of hydrogen-bond donors (Lipinski definition) is 1. The minimum atomic E-state index is -0.470. The van der Waals surface area contributed by atoms with E-state index in [1.165, 1.54) is 0 Å². The topological polar surface area (TPSA) is 25.2 Å². The van der Waals surface area contributed by atoms with Crippen molar-refractivity contribution in [3.05, 3.63) is 56.1 Å². The van der Waals surface area contributed by atoms with Crippen LogP contribution in [0.25, 0.3) is 0 Å². The normalized spacial score (nSPS) is 12.7. The maximum absolute atomic E-state index is 14.4. The molecule has 0 saturated carbocycles. The second-order valence-corrected chi connectivity index (χ2v) is 5.90. The summed E-state index contributed by atoms with van der Waals surface area (Å²) in [5.41, 5.74) is 0.428. The van der Waals surface area contributed by atoms with Gasteiger partial charge in [-0.25, -0.2) is 4.39 Å². The quantitative estimate of drug-likeness (QED) is 0.685. The summed E-state index contributed by atoms with van der Waals surface area (Å²) < 4.78 is 20.3. The molecular weight excluding hydrogens is 368 g/mol. The summed E-state index contributed by atoms with van der Waals surface area (Å²) in [6.07, 6.45) is 0.914. The molecule has 0 aliphatic carbocycles. The third kappa shape index (κ3) is 3.37. The van der Waals surface area contributed by atoms with Crippen molar-refractivity contribution in [2.75, 3.05) is 6.54 Å².